The molecule has 23 heavy (non-hydrogen) atoms. The van der Waals surface area contributed by atoms with Crippen molar-refractivity contribution in [3.63, 3.8) is 0 Å². The van der Waals surface area contributed by atoms with Gasteiger partial charge in [0.1, 0.15) is 0 Å². The standard InChI is InChI=1S/C17H23NO4S/c1-13(23-11-14-5-3-2-4-6-14)15(19)18-12-17(16(20)21)7-9-22-10-8-17/h2-6,13H,7-12H2,1H3,(H,18,19)(H,20,21). The van der Waals surface area contributed by atoms with Crippen molar-refractivity contribution in [3.05, 3.63) is 35.9 Å². The molecule has 0 aliphatic carbocycles. The Morgan fingerprint density at radius 3 is 2.57 bits per heavy atom. The van der Waals surface area contributed by atoms with Gasteiger partial charge in [0.2, 0.25) is 5.91 Å². The van der Waals surface area contributed by atoms with Crippen LogP contribution in [-0.4, -0.2) is 42.0 Å². The summed E-state index contributed by atoms with van der Waals surface area (Å²) in [5.41, 5.74) is 0.279. The third-order valence-corrected chi connectivity index (χ3v) is 5.43. The van der Waals surface area contributed by atoms with Crippen molar-refractivity contribution in [1.82, 2.24) is 5.32 Å². The number of ether oxygens (including phenoxy) is 1. The van der Waals surface area contributed by atoms with Gasteiger partial charge in [-0.15, -0.1) is 11.8 Å². The molecule has 5 nitrogen and oxygen atoms in total. The first kappa shape index (κ1) is 17.8. The highest BCUT2D eigenvalue weighted by Crippen LogP contribution is 2.30. The van der Waals surface area contributed by atoms with Crippen LogP contribution in [0.15, 0.2) is 30.3 Å². The normalized spacial score (nSPS) is 18.1. The van der Waals surface area contributed by atoms with E-state index in [1.807, 2.05) is 37.3 Å². The van der Waals surface area contributed by atoms with E-state index in [9.17, 15) is 14.7 Å². The molecule has 1 heterocycles. The first-order valence-corrected chi connectivity index (χ1v) is 8.83. The average molecular weight is 337 g/mol. The number of thioether (sulfide) groups is 1. The van der Waals surface area contributed by atoms with E-state index >= 15 is 0 Å². The van der Waals surface area contributed by atoms with Gasteiger partial charge in [-0.3, -0.25) is 9.59 Å². The van der Waals surface area contributed by atoms with E-state index in [0.717, 1.165) is 5.75 Å². The van der Waals surface area contributed by atoms with Gasteiger partial charge < -0.3 is 15.2 Å². The monoisotopic (exact) mass is 337 g/mol. The quantitative estimate of drug-likeness (QED) is 0.798. The molecule has 1 unspecified atom stereocenters. The van der Waals surface area contributed by atoms with Crippen LogP contribution < -0.4 is 5.32 Å². The van der Waals surface area contributed by atoms with Gasteiger partial charge in [0.15, 0.2) is 0 Å². The minimum absolute atomic E-state index is 0.113. The van der Waals surface area contributed by atoms with Crippen LogP contribution in [0.2, 0.25) is 0 Å². The first-order valence-electron chi connectivity index (χ1n) is 7.78. The van der Waals surface area contributed by atoms with Crippen LogP contribution in [0.25, 0.3) is 0 Å². The molecule has 1 aromatic rings. The second-order valence-electron chi connectivity index (χ2n) is 5.85. The molecule has 0 radical (unpaired) electrons. The Bertz CT molecular complexity index is 529. The van der Waals surface area contributed by atoms with E-state index in [-0.39, 0.29) is 17.7 Å². The molecule has 2 rings (SSSR count). The number of hydrogen-bond acceptors (Lipinski definition) is 4. The summed E-state index contributed by atoms with van der Waals surface area (Å²) in [6.07, 6.45) is 0.877. The molecule has 0 bridgehead atoms. The molecule has 6 heteroatoms. The summed E-state index contributed by atoms with van der Waals surface area (Å²) in [6.45, 7) is 2.88. The number of carbonyl (C=O) groups is 2. The van der Waals surface area contributed by atoms with Gasteiger partial charge in [-0.1, -0.05) is 30.3 Å². The summed E-state index contributed by atoms with van der Waals surface area (Å²) >= 11 is 1.55. The van der Waals surface area contributed by atoms with Crippen molar-refractivity contribution in [3.8, 4) is 0 Å². The van der Waals surface area contributed by atoms with Crippen molar-refractivity contribution in [2.75, 3.05) is 19.8 Å². The van der Waals surface area contributed by atoms with Crippen molar-refractivity contribution < 1.29 is 19.4 Å². The summed E-state index contributed by atoms with van der Waals surface area (Å²) in [5, 5.41) is 12.1. The van der Waals surface area contributed by atoms with Crippen molar-refractivity contribution in [1.29, 1.82) is 0 Å². The molecule has 1 amide bonds. The highest BCUT2D eigenvalue weighted by Gasteiger charge is 2.40. The molecule has 0 saturated carbocycles. The zero-order valence-electron chi connectivity index (χ0n) is 13.3. The average Bonchev–Trinajstić information content (AvgIpc) is 2.59. The van der Waals surface area contributed by atoms with E-state index < -0.39 is 11.4 Å². The van der Waals surface area contributed by atoms with Gasteiger partial charge in [-0.2, -0.15) is 0 Å². The molecule has 1 aliphatic heterocycles. The highest BCUT2D eigenvalue weighted by atomic mass is 32.2. The lowest BCUT2D eigenvalue weighted by Gasteiger charge is -2.33. The number of carboxylic acids is 1. The molecule has 126 valence electrons. The predicted octanol–water partition coefficient (Wildman–Crippen LogP) is 2.31. The number of rotatable bonds is 7. The van der Waals surface area contributed by atoms with Gasteiger partial charge >= 0.3 is 5.97 Å². The second-order valence-corrected chi connectivity index (χ2v) is 7.18. The van der Waals surface area contributed by atoms with Gasteiger partial charge in [0.25, 0.3) is 0 Å². The van der Waals surface area contributed by atoms with E-state index in [1.54, 1.807) is 11.8 Å². The number of hydrogen-bond donors (Lipinski definition) is 2. The summed E-state index contributed by atoms with van der Waals surface area (Å²) in [5.74, 6) is -0.211. The van der Waals surface area contributed by atoms with Crippen LogP contribution >= 0.6 is 11.8 Å². The van der Waals surface area contributed by atoms with Crippen LogP contribution in [-0.2, 0) is 20.1 Å². The lowest BCUT2D eigenvalue weighted by Crippen LogP contribution is -2.47. The van der Waals surface area contributed by atoms with Gasteiger partial charge in [-0.25, -0.2) is 0 Å². The van der Waals surface area contributed by atoms with Crippen molar-refractivity contribution in [2.24, 2.45) is 5.41 Å². The molecule has 1 saturated heterocycles. The fraction of sp³-hybridized carbons (Fsp3) is 0.529. The zero-order chi connectivity index (χ0) is 16.7. The Hall–Kier alpha value is -1.53. The number of nitrogens with one attached hydrogen (secondary N) is 1. The Labute approximate surface area is 140 Å². The van der Waals surface area contributed by atoms with Crippen LogP contribution in [0.1, 0.15) is 25.3 Å². The topological polar surface area (TPSA) is 75.6 Å². The highest BCUT2D eigenvalue weighted by molar-refractivity contribution is 7.99. The predicted molar refractivity (Wildman–Crippen MR) is 90.3 cm³/mol. The largest absolute Gasteiger partial charge is 0.481 e. The molecular formula is C17H23NO4S. The third kappa shape index (κ3) is 4.97. The van der Waals surface area contributed by atoms with E-state index in [4.69, 9.17) is 4.74 Å². The molecule has 1 aromatic carbocycles. The Kier molecular flexibility index (Phi) is 6.47. The van der Waals surface area contributed by atoms with E-state index in [0.29, 0.717) is 26.1 Å². The SMILES string of the molecule is CC(SCc1ccccc1)C(=O)NCC1(C(=O)O)CCOCC1. The Morgan fingerprint density at radius 1 is 1.30 bits per heavy atom. The van der Waals surface area contributed by atoms with Gasteiger partial charge in [0, 0.05) is 25.5 Å². The molecule has 1 atom stereocenters. The summed E-state index contributed by atoms with van der Waals surface area (Å²) in [7, 11) is 0. The lowest BCUT2D eigenvalue weighted by atomic mass is 9.80. The number of amides is 1. The maximum atomic E-state index is 12.2. The molecule has 1 aliphatic rings. The van der Waals surface area contributed by atoms with Crippen LogP contribution in [0.3, 0.4) is 0 Å². The fourth-order valence-corrected chi connectivity index (χ4v) is 3.37. The van der Waals surface area contributed by atoms with Gasteiger partial charge in [0.05, 0.1) is 10.7 Å². The Balaban J connectivity index is 1.82. The number of carboxylic acid groups (broad SMARTS) is 1. The minimum atomic E-state index is -0.891. The molecule has 0 spiro atoms. The first-order chi connectivity index (χ1) is 11.0. The Morgan fingerprint density at radius 2 is 1.96 bits per heavy atom. The van der Waals surface area contributed by atoms with Crippen molar-refractivity contribution >= 4 is 23.6 Å². The minimum Gasteiger partial charge on any atom is -0.481 e. The number of carbonyl (C=O) groups excluding carboxylic acids is 1. The van der Waals surface area contributed by atoms with E-state index in [1.165, 1.54) is 5.56 Å². The number of aliphatic carboxylic acids is 1. The molecular weight excluding hydrogens is 314 g/mol. The molecule has 0 aromatic heterocycles. The van der Waals surface area contributed by atoms with E-state index in [2.05, 4.69) is 5.32 Å². The maximum absolute atomic E-state index is 12.2. The third-order valence-electron chi connectivity index (χ3n) is 4.22. The second kappa shape index (κ2) is 8.36. The maximum Gasteiger partial charge on any atom is 0.311 e. The molecule has 2 N–H and O–H groups in total. The van der Waals surface area contributed by atoms with Crippen LogP contribution in [0, 0.1) is 5.41 Å². The number of benzene rings is 1. The zero-order valence-corrected chi connectivity index (χ0v) is 14.1. The molecule has 1 fully saturated rings. The summed E-state index contributed by atoms with van der Waals surface area (Å²) < 4.78 is 5.24. The van der Waals surface area contributed by atoms with Gasteiger partial charge in [-0.05, 0) is 25.3 Å². The van der Waals surface area contributed by atoms with Crippen LogP contribution in [0.4, 0.5) is 0 Å². The summed E-state index contributed by atoms with van der Waals surface area (Å²) in [6, 6.07) is 9.96. The lowest BCUT2D eigenvalue weighted by molar-refractivity contribution is -0.154. The van der Waals surface area contributed by atoms with Crippen molar-refractivity contribution in [2.45, 2.75) is 30.8 Å². The summed E-state index contributed by atoms with van der Waals surface area (Å²) in [4.78, 5) is 23.8. The fourth-order valence-electron chi connectivity index (χ4n) is 2.50. The van der Waals surface area contributed by atoms with Crippen LogP contribution in [0.5, 0.6) is 0 Å². The smallest absolute Gasteiger partial charge is 0.311 e.